The van der Waals surface area contributed by atoms with Crippen LogP contribution >= 0.6 is 0 Å². The number of hydrogen-bond donors (Lipinski definition) is 2. The molecule has 3 aromatic rings. The van der Waals surface area contributed by atoms with Gasteiger partial charge in [0.2, 0.25) is 0 Å². The van der Waals surface area contributed by atoms with Gasteiger partial charge in [0.1, 0.15) is 5.82 Å². The van der Waals surface area contributed by atoms with Crippen molar-refractivity contribution in [3.63, 3.8) is 0 Å². The van der Waals surface area contributed by atoms with Crippen LogP contribution in [0.5, 0.6) is 0 Å². The molecule has 0 unspecified atom stereocenters. The van der Waals surface area contributed by atoms with Gasteiger partial charge >= 0.3 is 0 Å². The van der Waals surface area contributed by atoms with Crippen LogP contribution in [-0.2, 0) is 6.42 Å². The Morgan fingerprint density at radius 3 is 2.74 bits per heavy atom. The summed E-state index contributed by atoms with van der Waals surface area (Å²) in [5.74, 6) is 1.49. The minimum absolute atomic E-state index is 0.567. The Balaban J connectivity index is 2.09. The lowest BCUT2D eigenvalue weighted by molar-refractivity contribution is 0.990. The van der Waals surface area contributed by atoms with Crippen LogP contribution in [0.4, 0.5) is 5.82 Å². The SMILES string of the molecule is CCc1nc(-c2ccc(N=CN)nc2)c(-c2cccc(C)n2)[nH]1. The van der Waals surface area contributed by atoms with Crippen molar-refractivity contribution in [2.75, 3.05) is 0 Å². The lowest BCUT2D eigenvalue weighted by atomic mass is 10.1. The summed E-state index contributed by atoms with van der Waals surface area (Å²) in [6.45, 7) is 4.04. The summed E-state index contributed by atoms with van der Waals surface area (Å²) in [6, 6.07) is 9.69. The average molecular weight is 306 g/mol. The first-order chi connectivity index (χ1) is 11.2. The van der Waals surface area contributed by atoms with E-state index in [-0.39, 0.29) is 0 Å². The van der Waals surface area contributed by atoms with Crippen LogP contribution in [0.25, 0.3) is 22.6 Å². The number of aromatic nitrogens is 4. The van der Waals surface area contributed by atoms with Crippen LogP contribution in [0, 0.1) is 6.92 Å². The van der Waals surface area contributed by atoms with Gasteiger partial charge in [0, 0.05) is 23.9 Å². The van der Waals surface area contributed by atoms with Gasteiger partial charge in [-0.2, -0.15) is 0 Å². The number of nitrogens with one attached hydrogen (secondary N) is 1. The fraction of sp³-hybridized carbons (Fsp3) is 0.176. The number of hydrogen-bond acceptors (Lipinski definition) is 4. The summed E-state index contributed by atoms with van der Waals surface area (Å²) >= 11 is 0. The number of aromatic amines is 1. The van der Waals surface area contributed by atoms with Crippen molar-refractivity contribution in [2.45, 2.75) is 20.3 Å². The van der Waals surface area contributed by atoms with E-state index >= 15 is 0 Å². The van der Waals surface area contributed by atoms with Gasteiger partial charge in [-0.15, -0.1) is 0 Å². The molecule has 0 fully saturated rings. The molecule has 0 aromatic carbocycles. The molecule has 3 heterocycles. The first-order valence-electron chi connectivity index (χ1n) is 7.45. The predicted molar refractivity (Wildman–Crippen MR) is 91.5 cm³/mol. The molecule has 0 atom stereocenters. The quantitative estimate of drug-likeness (QED) is 0.572. The zero-order chi connectivity index (χ0) is 16.2. The first kappa shape index (κ1) is 14.9. The maximum Gasteiger partial charge on any atom is 0.153 e. The molecule has 3 N–H and O–H groups in total. The van der Waals surface area contributed by atoms with Crippen molar-refractivity contribution in [3.05, 3.63) is 48.0 Å². The molecule has 0 amide bonds. The fourth-order valence-electron chi connectivity index (χ4n) is 2.35. The lowest BCUT2D eigenvalue weighted by Gasteiger charge is -2.03. The summed E-state index contributed by atoms with van der Waals surface area (Å²) in [5, 5.41) is 0. The molecular weight excluding hydrogens is 288 g/mol. The van der Waals surface area contributed by atoms with E-state index in [0.717, 1.165) is 40.6 Å². The second-order valence-corrected chi connectivity index (χ2v) is 5.11. The molecule has 0 spiro atoms. The van der Waals surface area contributed by atoms with E-state index in [1.54, 1.807) is 6.20 Å². The van der Waals surface area contributed by atoms with Gasteiger partial charge in [-0.25, -0.2) is 15.0 Å². The Kier molecular flexibility index (Phi) is 4.14. The highest BCUT2D eigenvalue weighted by molar-refractivity contribution is 5.76. The number of nitrogens with zero attached hydrogens (tertiary/aromatic N) is 4. The molecular formula is C17H18N6. The third-order valence-corrected chi connectivity index (χ3v) is 3.46. The largest absolute Gasteiger partial charge is 0.390 e. The second kappa shape index (κ2) is 6.39. The van der Waals surface area contributed by atoms with Gasteiger partial charge in [-0.1, -0.05) is 13.0 Å². The lowest BCUT2D eigenvalue weighted by Crippen LogP contribution is -1.90. The standard InChI is InChI=1S/C17H18N6/c1-3-14-22-16(12-7-8-15(19-9-12)20-10-18)17(23-14)13-6-4-5-11(2)21-13/h4-10H,3H2,1-2H3,(H,22,23)(H2,18,19,20). The van der Waals surface area contributed by atoms with E-state index in [2.05, 4.69) is 31.9 Å². The van der Waals surface area contributed by atoms with E-state index < -0.39 is 0 Å². The topological polar surface area (TPSA) is 92.8 Å². The minimum Gasteiger partial charge on any atom is -0.390 e. The Labute approximate surface area is 134 Å². The first-order valence-corrected chi connectivity index (χ1v) is 7.45. The van der Waals surface area contributed by atoms with Crippen molar-refractivity contribution in [1.29, 1.82) is 0 Å². The number of pyridine rings is 2. The summed E-state index contributed by atoms with van der Waals surface area (Å²) in [5.41, 5.74) is 9.78. The fourth-order valence-corrected chi connectivity index (χ4v) is 2.35. The van der Waals surface area contributed by atoms with Gasteiger partial charge in [0.15, 0.2) is 5.82 Å². The maximum absolute atomic E-state index is 5.29. The van der Waals surface area contributed by atoms with Gasteiger partial charge in [0.25, 0.3) is 0 Å². The Morgan fingerprint density at radius 2 is 2.09 bits per heavy atom. The van der Waals surface area contributed by atoms with Crippen molar-refractivity contribution in [3.8, 4) is 22.6 Å². The van der Waals surface area contributed by atoms with E-state index in [9.17, 15) is 0 Å². The average Bonchev–Trinajstić information content (AvgIpc) is 3.00. The molecule has 0 saturated carbocycles. The van der Waals surface area contributed by atoms with Crippen molar-refractivity contribution in [1.82, 2.24) is 19.9 Å². The van der Waals surface area contributed by atoms with E-state index in [1.165, 1.54) is 6.34 Å². The molecule has 3 rings (SSSR count). The minimum atomic E-state index is 0.567. The normalized spacial score (nSPS) is 11.2. The van der Waals surface area contributed by atoms with Crippen molar-refractivity contribution in [2.24, 2.45) is 10.7 Å². The number of H-pyrrole nitrogens is 1. The van der Waals surface area contributed by atoms with E-state index in [4.69, 9.17) is 5.73 Å². The molecule has 0 aliphatic carbocycles. The van der Waals surface area contributed by atoms with Crippen LogP contribution in [0.2, 0.25) is 0 Å². The number of aryl methyl sites for hydroxylation is 2. The van der Waals surface area contributed by atoms with Gasteiger partial charge in [0.05, 0.1) is 23.4 Å². The summed E-state index contributed by atoms with van der Waals surface area (Å²) in [6.07, 6.45) is 3.80. The third kappa shape index (κ3) is 3.11. The van der Waals surface area contributed by atoms with Gasteiger partial charge in [-0.05, 0) is 31.2 Å². The Morgan fingerprint density at radius 1 is 1.22 bits per heavy atom. The highest BCUT2D eigenvalue weighted by Gasteiger charge is 2.15. The number of aliphatic imine (C=N–C) groups is 1. The highest BCUT2D eigenvalue weighted by atomic mass is 15.0. The molecule has 0 saturated heterocycles. The molecule has 3 aromatic heterocycles. The predicted octanol–water partition coefficient (Wildman–Crippen LogP) is 3.02. The van der Waals surface area contributed by atoms with E-state index in [0.29, 0.717) is 5.82 Å². The van der Waals surface area contributed by atoms with Crippen LogP contribution < -0.4 is 5.73 Å². The molecule has 0 aliphatic rings. The van der Waals surface area contributed by atoms with Gasteiger partial charge < -0.3 is 10.7 Å². The Bertz CT molecular complexity index is 833. The monoisotopic (exact) mass is 306 g/mol. The summed E-state index contributed by atoms with van der Waals surface area (Å²) in [4.78, 5) is 20.9. The smallest absolute Gasteiger partial charge is 0.153 e. The molecule has 0 aliphatic heterocycles. The number of nitrogens with two attached hydrogens (primary N) is 1. The highest BCUT2D eigenvalue weighted by Crippen LogP contribution is 2.29. The van der Waals surface area contributed by atoms with Crippen LogP contribution in [0.1, 0.15) is 18.4 Å². The Hall–Kier alpha value is -3.02. The molecule has 0 radical (unpaired) electrons. The molecule has 23 heavy (non-hydrogen) atoms. The van der Waals surface area contributed by atoms with Crippen LogP contribution in [-0.4, -0.2) is 26.3 Å². The van der Waals surface area contributed by atoms with E-state index in [1.807, 2.05) is 37.3 Å². The molecule has 6 heteroatoms. The van der Waals surface area contributed by atoms with Crippen LogP contribution in [0.15, 0.2) is 41.5 Å². The molecule has 6 nitrogen and oxygen atoms in total. The number of rotatable bonds is 4. The summed E-state index contributed by atoms with van der Waals surface area (Å²) in [7, 11) is 0. The zero-order valence-corrected chi connectivity index (χ0v) is 13.1. The summed E-state index contributed by atoms with van der Waals surface area (Å²) < 4.78 is 0. The van der Waals surface area contributed by atoms with Crippen molar-refractivity contribution < 1.29 is 0 Å². The zero-order valence-electron chi connectivity index (χ0n) is 13.1. The molecule has 0 bridgehead atoms. The molecule has 116 valence electrons. The number of imidazole rings is 1. The van der Waals surface area contributed by atoms with Crippen LogP contribution in [0.3, 0.4) is 0 Å². The maximum atomic E-state index is 5.29. The third-order valence-electron chi connectivity index (χ3n) is 3.46. The van der Waals surface area contributed by atoms with Gasteiger partial charge in [-0.3, -0.25) is 4.98 Å². The van der Waals surface area contributed by atoms with Crippen molar-refractivity contribution >= 4 is 12.2 Å². The second-order valence-electron chi connectivity index (χ2n) is 5.11.